The first kappa shape index (κ1) is 23.5. The standard InChI is InChI=1S/C24H20Cl2N2O6/c25-21(23(29)27(13-17-5-1-9-31-17)14-18-6-2-10-32-18)22(26)24(30)28(15-19-7-3-11-33-19)16-20-8-4-12-34-20/h1-12H,13-16H2/b22-21-. The zero-order chi connectivity index (χ0) is 23.9. The van der Waals surface area contributed by atoms with Crippen LogP contribution in [0.4, 0.5) is 0 Å². The van der Waals surface area contributed by atoms with Gasteiger partial charge in [0.25, 0.3) is 11.8 Å². The lowest BCUT2D eigenvalue weighted by Crippen LogP contribution is -2.33. The molecule has 0 aromatic carbocycles. The van der Waals surface area contributed by atoms with E-state index < -0.39 is 21.9 Å². The first-order valence-electron chi connectivity index (χ1n) is 10.2. The maximum atomic E-state index is 13.3. The number of carbonyl (C=O) groups excluding carboxylic acids is 2. The van der Waals surface area contributed by atoms with Gasteiger partial charge in [0, 0.05) is 0 Å². The minimum atomic E-state index is -0.649. The molecule has 0 aliphatic carbocycles. The summed E-state index contributed by atoms with van der Waals surface area (Å²) < 4.78 is 21.5. The van der Waals surface area contributed by atoms with Crippen molar-refractivity contribution in [1.82, 2.24) is 9.80 Å². The Balaban J connectivity index is 1.57. The van der Waals surface area contributed by atoms with Crippen LogP contribution < -0.4 is 0 Å². The smallest absolute Gasteiger partial charge is 0.267 e. The molecular formula is C24H20Cl2N2O6. The number of rotatable bonds is 10. The van der Waals surface area contributed by atoms with Crippen molar-refractivity contribution in [2.75, 3.05) is 0 Å². The Morgan fingerprint density at radius 2 is 0.824 bits per heavy atom. The molecule has 0 bridgehead atoms. The second-order valence-electron chi connectivity index (χ2n) is 7.27. The molecule has 8 nitrogen and oxygen atoms in total. The Morgan fingerprint density at radius 3 is 1.03 bits per heavy atom. The van der Waals surface area contributed by atoms with Crippen molar-refractivity contribution in [2.45, 2.75) is 26.2 Å². The number of halogens is 2. The molecule has 176 valence electrons. The number of furan rings is 4. The number of carbonyl (C=O) groups is 2. The molecule has 4 rings (SSSR count). The van der Waals surface area contributed by atoms with Crippen LogP contribution in [0.1, 0.15) is 23.0 Å². The third kappa shape index (κ3) is 5.84. The van der Waals surface area contributed by atoms with Crippen molar-refractivity contribution < 1.29 is 27.3 Å². The van der Waals surface area contributed by atoms with Crippen molar-refractivity contribution in [3.05, 3.63) is 107 Å². The SMILES string of the molecule is O=C(/C(Cl)=C(/Cl)C(=O)N(Cc1ccco1)Cc1ccco1)N(Cc1ccco1)Cc1ccco1. The van der Waals surface area contributed by atoms with Gasteiger partial charge < -0.3 is 27.5 Å². The largest absolute Gasteiger partial charge is 0.467 e. The Hall–Kier alpha value is -3.62. The lowest BCUT2D eigenvalue weighted by atomic mass is 10.3. The highest BCUT2D eigenvalue weighted by Crippen LogP contribution is 2.24. The Bertz CT molecular complexity index is 1040. The van der Waals surface area contributed by atoms with Crippen molar-refractivity contribution in [2.24, 2.45) is 0 Å². The molecule has 4 aromatic heterocycles. The van der Waals surface area contributed by atoms with Crippen LogP contribution in [0.2, 0.25) is 0 Å². The fraction of sp³-hybridized carbons (Fsp3) is 0.167. The fourth-order valence-electron chi connectivity index (χ4n) is 3.23. The summed E-state index contributed by atoms with van der Waals surface area (Å²) >= 11 is 12.7. The van der Waals surface area contributed by atoms with Crippen LogP contribution in [0.25, 0.3) is 0 Å². The lowest BCUT2D eigenvalue weighted by Gasteiger charge is -2.23. The van der Waals surface area contributed by atoms with Gasteiger partial charge in [-0.05, 0) is 48.5 Å². The van der Waals surface area contributed by atoms with E-state index in [0.717, 1.165) is 0 Å². The minimum Gasteiger partial charge on any atom is -0.467 e. The molecule has 0 N–H and O–H groups in total. The highest BCUT2D eigenvalue weighted by molar-refractivity contribution is 6.53. The zero-order valence-electron chi connectivity index (χ0n) is 17.9. The Morgan fingerprint density at radius 1 is 0.559 bits per heavy atom. The molecule has 0 unspecified atom stereocenters. The number of hydrogen-bond acceptors (Lipinski definition) is 6. The van der Waals surface area contributed by atoms with Crippen LogP contribution in [0, 0.1) is 0 Å². The summed E-state index contributed by atoms with van der Waals surface area (Å²) in [4.78, 5) is 29.3. The van der Waals surface area contributed by atoms with Gasteiger partial charge >= 0.3 is 0 Å². The van der Waals surface area contributed by atoms with Gasteiger partial charge in [0.15, 0.2) is 0 Å². The van der Waals surface area contributed by atoms with Crippen molar-refractivity contribution >= 4 is 35.0 Å². The molecule has 10 heteroatoms. The van der Waals surface area contributed by atoms with E-state index in [4.69, 9.17) is 40.9 Å². The predicted molar refractivity (Wildman–Crippen MR) is 122 cm³/mol. The molecule has 0 saturated carbocycles. The van der Waals surface area contributed by atoms with E-state index in [1.165, 1.54) is 34.9 Å². The van der Waals surface area contributed by atoms with Gasteiger partial charge in [0.2, 0.25) is 0 Å². The highest BCUT2D eigenvalue weighted by Gasteiger charge is 2.28. The predicted octanol–water partition coefficient (Wildman–Crippen LogP) is 5.51. The summed E-state index contributed by atoms with van der Waals surface area (Å²) in [7, 11) is 0. The molecule has 0 aliphatic rings. The zero-order valence-corrected chi connectivity index (χ0v) is 19.4. The second kappa shape index (κ2) is 11.0. The molecule has 0 aliphatic heterocycles. The van der Waals surface area contributed by atoms with E-state index in [1.54, 1.807) is 48.5 Å². The van der Waals surface area contributed by atoms with Crippen LogP contribution in [-0.4, -0.2) is 21.6 Å². The Labute approximate surface area is 204 Å². The molecule has 0 radical (unpaired) electrons. The molecule has 4 heterocycles. The third-order valence-electron chi connectivity index (χ3n) is 4.85. The van der Waals surface area contributed by atoms with Gasteiger partial charge in [0.05, 0.1) is 51.2 Å². The molecule has 0 saturated heterocycles. The average molecular weight is 503 g/mol. The van der Waals surface area contributed by atoms with Gasteiger partial charge in [-0.15, -0.1) is 0 Å². The van der Waals surface area contributed by atoms with Crippen LogP contribution >= 0.6 is 23.2 Å². The Kier molecular flexibility index (Phi) is 7.61. The van der Waals surface area contributed by atoms with E-state index >= 15 is 0 Å². The van der Waals surface area contributed by atoms with E-state index in [2.05, 4.69) is 0 Å². The van der Waals surface area contributed by atoms with E-state index in [1.807, 2.05) is 0 Å². The maximum absolute atomic E-state index is 13.3. The van der Waals surface area contributed by atoms with Crippen molar-refractivity contribution in [1.29, 1.82) is 0 Å². The lowest BCUT2D eigenvalue weighted by molar-refractivity contribution is -0.130. The summed E-state index contributed by atoms with van der Waals surface area (Å²) in [5, 5.41) is -0.845. The number of amides is 2. The summed E-state index contributed by atoms with van der Waals surface area (Å²) in [6.07, 6.45) is 6.00. The summed E-state index contributed by atoms with van der Waals surface area (Å²) in [5.41, 5.74) is 0. The van der Waals surface area contributed by atoms with Gasteiger partial charge in [-0.2, -0.15) is 0 Å². The summed E-state index contributed by atoms with van der Waals surface area (Å²) in [6, 6.07) is 13.7. The van der Waals surface area contributed by atoms with Crippen LogP contribution in [0.5, 0.6) is 0 Å². The van der Waals surface area contributed by atoms with E-state index in [9.17, 15) is 9.59 Å². The van der Waals surface area contributed by atoms with Crippen LogP contribution in [-0.2, 0) is 35.8 Å². The van der Waals surface area contributed by atoms with E-state index in [0.29, 0.717) is 23.0 Å². The monoisotopic (exact) mass is 502 g/mol. The van der Waals surface area contributed by atoms with E-state index in [-0.39, 0.29) is 26.2 Å². The molecular weight excluding hydrogens is 483 g/mol. The molecule has 34 heavy (non-hydrogen) atoms. The summed E-state index contributed by atoms with van der Waals surface area (Å²) in [5.74, 6) is 0.828. The van der Waals surface area contributed by atoms with Gasteiger partial charge in [0.1, 0.15) is 33.1 Å². The first-order valence-corrected chi connectivity index (χ1v) is 11.0. The maximum Gasteiger partial charge on any atom is 0.267 e. The molecule has 2 amide bonds. The molecule has 0 atom stereocenters. The van der Waals surface area contributed by atoms with Gasteiger partial charge in [-0.1, -0.05) is 23.2 Å². The summed E-state index contributed by atoms with van der Waals surface area (Å²) in [6.45, 7) is 0.403. The quantitative estimate of drug-likeness (QED) is 0.265. The van der Waals surface area contributed by atoms with Crippen LogP contribution in [0.15, 0.2) is 101 Å². The minimum absolute atomic E-state index is 0.101. The average Bonchev–Trinajstić information content (AvgIpc) is 3.65. The molecule has 0 spiro atoms. The van der Waals surface area contributed by atoms with Crippen molar-refractivity contribution in [3.8, 4) is 0 Å². The molecule has 4 aromatic rings. The topological polar surface area (TPSA) is 93.2 Å². The highest BCUT2D eigenvalue weighted by atomic mass is 35.5. The second-order valence-corrected chi connectivity index (χ2v) is 8.02. The fourth-order valence-corrected chi connectivity index (χ4v) is 3.63. The number of nitrogens with zero attached hydrogens (tertiary/aromatic N) is 2. The van der Waals surface area contributed by atoms with Gasteiger partial charge in [-0.25, -0.2) is 0 Å². The third-order valence-corrected chi connectivity index (χ3v) is 5.65. The van der Waals surface area contributed by atoms with Crippen molar-refractivity contribution in [3.63, 3.8) is 0 Å². The van der Waals surface area contributed by atoms with Gasteiger partial charge in [-0.3, -0.25) is 9.59 Å². The number of hydrogen-bond donors (Lipinski definition) is 0. The first-order chi connectivity index (χ1) is 16.5. The molecule has 0 fully saturated rings. The van der Waals surface area contributed by atoms with Crippen LogP contribution in [0.3, 0.4) is 0 Å². The normalized spacial score (nSPS) is 11.8.